The van der Waals surface area contributed by atoms with E-state index in [1.165, 1.54) is 6.92 Å². The highest BCUT2D eigenvalue weighted by atomic mass is 16.5. The third-order valence-corrected chi connectivity index (χ3v) is 1.92. The van der Waals surface area contributed by atoms with Crippen LogP contribution in [-0.2, 0) is 19.1 Å². The molecule has 0 aromatic rings. The van der Waals surface area contributed by atoms with Crippen LogP contribution >= 0.6 is 0 Å². The van der Waals surface area contributed by atoms with Crippen LogP contribution in [0, 0.1) is 0 Å². The van der Waals surface area contributed by atoms with E-state index in [9.17, 15) is 9.59 Å². The summed E-state index contributed by atoms with van der Waals surface area (Å²) in [6.07, 6.45) is 0.0120. The van der Waals surface area contributed by atoms with Crippen LogP contribution in [0.1, 0.15) is 20.3 Å². The van der Waals surface area contributed by atoms with Gasteiger partial charge in [0, 0.05) is 19.9 Å². The SMILES string of the molecule is CNCCOCCC(=O)NC[C@H](C)OC(C)=O. The Morgan fingerprint density at radius 3 is 2.59 bits per heavy atom. The first-order valence-corrected chi connectivity index (χ1v) is 5.72. The lowest BCUT2D eigenvalue weighted by atomic mass is 10.3. The predicted octanol–water partition coefficient (Wildman–Crippen LogP) is -0.320. The van der Waals surface area contributed by atoms with Crippen LogP contribution < -0.4 is 10.6 Å². The number of ether oxygens (including phenoxy) is 2. The van der Waals surface area contributed by atoms with Crippen molar-refractivity contribution in [3.8, 4) is 0 Å². The lowest BCUT2D eigenvalue weighted by Gasteiger charge is -2.12. The van der Waals surface area contributed by atoms with Gasteiger partial charge >= 0.3 is 5.97 Å². The Bertz CT molecular complexity index is 234. The molecule has 0 aliphatic rings. The zero-order valence-electron chi connectivity index (χ0n) is 10.7. The number of carbonyl (C=O) groups is 2. The second-order valence-electron chi connectivity index (χ2n) is 3.69. The summed E-state index contributed by atoms with van der Waals surface area (Å²) in [7, 11) is 1.84. The average molecular weight is 246 g/mol. The fourth-order valence-electron chi connectivity index (χ4n) is 1.11. The molecule has 0 fully saturated rings. The summed E-state index contributed by atoms with van der Waals surface area (Å²) in [6, 6.07) is 0. The summed E-state index contributed by atoms with van der Waals surface area (Å²) >= 11 is 0. The van der Waals surface area contributed by atoms with Crippen molar-refractivity contribution in [3.05, 3.63) is 0 Å². The third-order valence-electron chi connectivity index (χ3n) is 1.92. The van der Waals surface area contributed by atoms with Crippen molar-refractivity contribution in [2.45, 2.75) is 26.4 Å². The first-order chi connectivity index (χ1) is 8.06. The second kappa shape index (κ2) is 10.0. The number of esters is 1. The van der Waals surface area contributed by atoms with Crippen molar-refractivity contribution in [1.29, 1.82) is 0 Å². The number of nitrogens with one attached hydrogen (secondary N) is 2. The van der Waals surface area contributed by atoms with E-state index in [-0.39, 0.29) is 18.0 Å². The van der Waals surface area contributed by atoms with E-state index < -0.39 is 0 Å². The summed E-state index contributed by atoms with van der Waals surface area (Å²) in [5.74, 6) is -0.449. The molecule has 0 unspecified atom stereocenters. The zero-order chi connectivity index (χ0) is 13.1. The van der Waals surface area contributed by atoms with Gasteiger partial charge in [-0.2, -0.15) is 0 Å². The van der Waals surface area contributed by atoms with Crippen molar-refractivity contribution < 1.29 is 19.1 Å². The summed E-state index contributed by atoms with van der Waals surface area (Å²) in [4.78, 5) is 21.9. The van der Waals surface area contributed by atoms with E-state index in [1.54, 1.807) is 6.92 Å². The molecule has 0 saturated carbocycles. The molecule has 17 heavy (non-hydrogen) atoms. The van der Waals surface area contributed by atoms with Gasteiger partial charge in [0.05, 0.1) is 19.8 Å². The minimum absolute atomic E-state index is 0.103. The fourth-order valence-corrected chi connectivity index (χ4v) is 1.11. The molecule has 0 aliphatic heterocycles. The van der Waals surface area contributed by atoms with Crippen molar-refractivity contribution in [3.63, 3.8) is 0 Å². The van der Waals surface area contributed by atoms with E-state index >= 15 is 0 Å². The molecule has 0 aromatic heterocycles. The van der Waals surface area contributed by atoms with Gasteiger partial charge in [0.2, 0.25) is 5.91 Å². The smallest absolute Gasteiger partial charge is 0.302 e. The monoisotopic (exact) mass is 246 g/mol. The van der Waals surface area contributed by atoms with Crippen LogP contribution in [0.5, 0.6) is 0 Å². The Hall–Kier alpha value is -1.14. The minimum atomic E-state index is -0.345. The molecule has 0 heterocycles. The fraction of sp³-hybridized carbons (Fsp3) is 0.818. The maximum absolute atomic E-state index is 11.3. The number of carbonyl (C=O) groups excluding carboxylic acids is 2. The van der Waals surface area contributed by atoms with Gasteiger partial charge in [-0.15, -0.1) is 0 Å². The van der Waals surface area contributed by atoms with Gasteiger partial charge in [0.25, 0.3) is 0 Å². The van der Waals surface area contributed by atoms with E-state index in [1.807, 2.05) is 7.05 Å². The Balaban J connectivity index is 3.42. The summed E-state index contributed by atoms with van der Waals surface area (Å²) in [5.41, 5.74) is 0. The van der Waals surface area contributed by atoms with Crippen molar-refractivity contribution in [2.75, 3.05) is 33.4 Å². The van der Waals surface area contributed by atoms with Gasteiger partial charge in [-0.1, -0.05) is 0 Å². The number of hydrogen-bond donors (Lipinski definition) is 2. The van der Waals surface area contributed by atoms with Gasteiger partial charge in [-0.05, 0) is 14.0 Å². The summed E-state index contributed by atoms with van der Waals surface area (Å²) in [5, 5.41) is 5.61. The van der Waals surface area contributed by atoms with Crippen LogP contribution in [-0.4, -0.2) is 51.3 Å². The molecule has 0 aliphatic carbocycles. The number of likely N-dealkylation sites (N-methyl/N-ethyl adjacent to an activating group) is 1. The summed E-state index contributed by atoms with van der Waals surface area (Å²) in [6.45, 7) is 5.15. The van der Waals surface area contributed by atoms with Crippen molar-refractivity contribution in [1.82, 2.24) is 10.6 Å². The second-order valence-corrected chi connectivity index (χ2v) is 3.69. The molecule has 0 rings (SSSR count). The molecular weight excluding hydrogens is 224 g/mol. The number of rotatable bonds is 9. The molecule has 0 radical (unpaired) electrons. The Morgan fingerprint density at radius 2 is 2.00 bits per heavy atom. The average Bonchev–Trinajstić information content (AvgIpc) is 2.25. The minimum Gasteiger partial charge on any atom is -0.461 e. The van der Waals surface area contributed by atoms with E-state index in [0.29, 0.717) is 26.2 Å². The van der Waals surface area contributed by atoms with Gasteiger partial charge in [-0.3, -0.25) is 9.59 Å². The van der Waals surface area contributed by atoms with E-state index in [4.69, 9.17) is 9.47 Å². The maximum Gasteiger partial charge on any atom is 0.302 e. The van der Waals surface area contributed by atoms with E-state index in [0.717, 1.165) is 6.54 Å². The van der Waals surface area contributed by atoms with Crippen molar-refractivity contribution in [2.24, 2.45) is 0 Å². The molecule has 0 saturated heterocycles. The lowest BCUT2D eigenvalue weighted by Crippen LogP contribution is -2.33. The largest absolute Gasteiger partial charge is 0.461 e. The molecular formula is C11H22N2O4. The molecule has 0 aromatic carbocycles. The van der Waals surface area contributed by atoms with Gasteiger partial charge in [0.15, 0.2) is 0 Å². The van der Waals surface area contributed by atoms with Crippen LogP contribution in [0.25, 0.3) is 0 Å². The maximum atomic E-state index is 11.3. The van der Waals surface area contributed by atoms with Gasteiger partial charge in [-0.25, -0.2) is 0 Å². The van der Waals surface area contributed by atoms with Crippen LogP contribution in [0.3, 0.4) is 0 Å². The van der Waals surface area contributed by atoms with Crippen LogP contribution in [0.4, 0.5) is 0 Å². The molecule has 6 nitrogen and oxygen atoms in total. The van der Waals surface area contributed by atoms with Crippen molar-refractivity contribution >= 4 is 11.9 Å². The first kappa shape index (κ1) is 15.9. The molecule has 0 spiro atoms. The highest BCUT2D eigenvalue weighted by molar-refractivity contribution is 5.76. The van der Waals surface area contributed by atoms with Crippen LogP contribution in [0.15, 0.2) is 0 Å². The zero-order valence-corrected chi connectivity index (χ0v) is 10.7. The topological polar surface area (TPSA) is 76.7 Å². The first-order valence-electron chi connectivity index (χ1n) is 5.72. The molecule has 6 heteroatoms. The quantitative estimate of drug-likeness (QED) is 0.431. The highest BCUT2D eigenvalue weighted by Gasteiger charge is 2.07. The predicted molar refractivity (Wildman–Crippen MR) is 63.6 cm³/mol. The Morgan fingerprint density at radius 1 is 1.29 bits per heavy atom. The lowest BCUT2D eigenvalue weighted by molar-refractivity contribution is -0.145. The Kier molecular flexibility index (Phi) is 9.37. The molecule has 100 valence electrons. The molecule has 2 N–H and O–H groups in total. The standard InChI is InChI=1S/C11H22N2O4/c1-9(17-10(2)14)8-13-11(15)4-6-16-7-5-12-3/h9,12H,4-8H2,1-3H3,(H,13,15)/t9-/m0/s1. The van der Waals surface area contributed by atoms with E-state index in [2.05, 4.69) is 10.6 Å². The number of hydrogen-bond acceptors (Lipinski definition) is 5. The number of amides is 1. The van der Waals surface area contributed by atoms with Gasteiger partial charge < -0.3 is 20.1 Å². The molecule has 0 bridgehead atoms. The third kappa shape index (κ3) is 11.1. The highest BCUT2D eigenvalue weighted by Crippen LogP contribution is 1.90. The molecule has 1 atom stereocenters. The summed E-state index contributed by atoms with van der Waals surface area (Å²) < 4.78 is 10.1. The Labute approximate surface area is 102 Å². The normalized spacial score (nSPS) is 11.9. The molecule has 1 amide bonds. The van der Waals surface area contributed by atoms with Gasteiger partial charge in [0.1, 0.15) is 6.10 Å². The van der Waals surface area contributed by atoms with Crippen LogP contribution in [0.2, 0.25) is 0 Å².